The van der Waals surface area contributed by atoms with Gasteiger partial charge in [0.2, 0.25) is 0 Å². The molecule has 0 aliphatic heterocycles. The third-order valence-electron chi connectivity index (χ3n) is 5.39. The van der Waals surface area contributed by atoms with Crippen molar-refractivity contribution < 1.29 is 4.79 Å². The minimum atomic E-state index is -0.165. The van der Waals surface area contributed by atoms with Crippen LogP contribution in [0.5, 0.6) is 0 Å². The number of hydrogen-bond acceptors (Lipinski definition) is 3. The van der Waals surface area contributed by atoms with Crippen LogP contribution in [0, 0.1) is 6.92 Å². The van der Waals surface area contributed by atoms with E-state index >= 15 is 0 Å². The minimum absolute atomic E-state index is 0.0361. The van der Waals surface area contributed by atoms with Crippen molar-refractivity contribution in [2.75, 3.05) is 0 Å². The van der Waals surface area contributed by atoms with E-state index in [1.54, 1.807) is 6.20 Å². The molecular formula is C24H27N3O. The van der Waals surface area contributed by atoms with Crippen molar-refractivity contribution in [3.63, 3.8) is 0 Å². The van der Waals surface area contributed by atoms with Gasteiger partial charge in [0.25, 0.3) is 5.91 Å². The van der Waals surface area contributed by atoms with E-state index < -0.39 is 0 Å². The smallest absolute Gasteiger partial charge is 0.270 e. The van der Waals surface area contributed by atoms with Crippen molar-refractivity contribution in [3.05, 3.63) is 70.7 Å². The van der Waals surface area contributed by atoms with Crippen LogP contribution in [0.3, 0.4) is 0 Å². The first-order valence-electron chi connectivity index (χ1n) is 9.97. The molecule has 1 saturated carbocycles. The van der Waals surface area contributed by atoms with Crippen molar-refractivity contribution in [2.24, 2.45) is 0 Å². The summed E-state index contributed by atoms with van der Waals surface area (Å²) < 4.78 is 0. The van der Waals surface area contributed by atoms with Gasteiger partial charge in [-0.05, 0) is 72.1 Å². The molecule has 1 N–H and O–H groups in total. The Balaban J connectivity index is 1.72. The third-order valence-corrected chi connectivity index (χ3v) is 5.39. The highest BCUT2D eigenvalue weighted by atomic mass is 16.1. The minimum Gasteiger partial charge on any atom is -0.345 e. The van der Waals surface area contributed by atoms with Gasteiger partial charge in [-0.15, -0.1) is 0 Å². The lowest BCUT2D eigenvalue weighted by atomic mass is 9.83. The zero-order chi connectivity index (χ0) is 19.9. The fourth-order valence-corrected chi connectivity index (χ4v) is 3.62. The molecule has 1 aliphatic rings. The number of nitrogens with zero attached hydrogens (tertiary/aromatic N) is 2. The molecule has 144 valence electrons. The van der Waals surface area contributed by atoms with Crippen LogP contribution in [0.4, 0.5) is 0 Å². The highest BCUT2D eigenvalue weighted by molar-refractivity contribution is 5.97. The molecule has 1 amide bonds. The van der Waals surface area contributed by atoms with E-state index in [-0.39, 0.29) is 11.3 Å². The molecule has 0 radical (unpaired) electrons. The van der Waals surface area contributed by atoms with E-state index in [0.717, 1.165) is 22.2 Å². The molecule has 0 saturated heterocycles. The summed E-state index contributed by atoms with van der Waals surface area (Å²) in [6, 6.07) is 12.2. The summed E-state index contributed by atoms with van der Waals surface area (Å²) in [6.45, 7) is 9.10. The number of carbonyl (C=O) groups excluding carboxylic acids is 1. The van der Waals surface area contributed by atoms with Crippen LogP contribution in [0.2, 0.25) is 0 Å². The lowest BCUT2D eigenvalue weighted by Crippen LogP contribution is -2.24. The van der Waals surface area contributed by atoms with Gasteiger partial charge in [0, 0.05) is 11.6 Å². The largest absolute Gasteiger partial charge is 0.345 e. The van der Waals surface area contributed by atoms with Gasteiger partial charge in [0.1, 0.15) is 5.69 Å². The molecule has 1 aliphatic carbocycles. The van der Waals surface area contributed by atoms with Gasteiger partial charge in [0.15, 0.2) is 0 Å². The van der Waals surface area contributed by atoms with Gasteiger partial charge in [-0.25, -0.2) is 4.98 Å². The summed E-state index contributed by atoms with van der Waals surface area (Å²) in [5.74, 6) is 0.521. The molecule has 0 spiro atoms. The highest BCUT2D eigenvalue weighted by Gasteiger charge is 2.28. The maximum atomic E-state index is 12.8. The van der Waals surface area contributed by atoms with Crippen molar-refractivity contribution in [2.45, 2.75) is 58.4 Å². The molecule has 4 rings (SSSR count). The molecule has 1 aromatic carbocycles. The van der Waals surface area contributed by atoms with Crippen molar-refractivity contribution in [3.8, 4) is 0 Å². The molecule has 1 fully saturated rings. The number of hydrogen-bond donors (Lipinski definition) is 1. The third kappa shape index (κ3) is 3.77. The topological polar surface area (TPSA) is 54.9 Å². The Morgan fingerprint density at radius 3 is 2.61 bits per heavy atom. The molecule has 2 aromatic heterocycles. The molecule has 0 bridgehead atoms. The average molecular weight is 374 g/mol. The van der Waals surface area contributed by atoms with Crippen molar-refractivity contribution >= 4 is 16.8 Å². The predicted molar refractivity (Wildman–Crippen MR) is 113 cm³/mol. The maximum Gasteiger partial charge on any atom is 0.270 e. The number of amides is 1. The fourth-order valence-electron chi connectivity index (χ4n) is 3.62. The Kier molecular flexibility index (Phi) is 4.66. The number of pyridine rings is 2. The number of fused-ring (bicyclic) bond motifs is 1. The van der Waals surface area contributed by atoms with Crippen LogP contribution in [-0.4, -0.2) is 15.9 Å². The standard InChI is InChI=1S/C24H27N3O/c1-15-11-21(23(28)26-14-18-7-5-6-10-25-18)27-22-19(15)12-17(16-8-9-16)13-20(22)24(2,3)4/h5-7,10-13,16H,8-9,14H2,1-4H3,(H,26,28). The summed E-state index contributed by atoms with van der Waals surface area (Å²) in [6.07, 6.45) is 4.28. The molecule has 4 heteroatoms. The number of benzene rings is 1. The Bertz CT molecular complexity index is 1030. The van der Waals surface area contributed by atoms with Crippen LogP contribution in [-0.2, 0) is 12.0 Å². The van der Waals surface area contributed by atoms with Crippen molar-refractivity contribution in [1.82, 2.24) is 15.3 Å². The molecule has 0 unspecified atom stereocenters. The second-order valence-corrected chi connectivity index (χ2v) is 8.82. The van der Waals surface area contributed by atoms with Gasteiger partial charge < -0.3 is 5.32 Å². The van der Waals surface area contributed by atoms with Gasteiger partial charge in [-0.1, -0.05) is 32.9 Å². The number of rotatable bonds is 4. The van der Waals surface area contributed by atoms with Crippen LogP contribution in [0.25, 0.3) is 10.9 Å². The first-order valence-corrected chi connectivity index (χ1v) is 9.97. The van der Waals surface area contributed by atoms with Crippen LogP contribution >= 0.6 is 0 Å². The molecule has 4 nitrogen and oxygen atoms in total. The zero-order valence-corrected chi connectivity index (χ0v) is 17.0. The second-order valence-electron chi connectivity index (χ2n) is 8.82. The fraction of sp³-hybridized carbons (Fsp3) is 0.375. The SMILES string of the molecule is Cc1cc(C(=O)NCc2ccccn2)nc2c(C(C)(C)C)cc(C3CC3)cc12. The Hall–Kier alpha value is -2.75. The van der Waals surface area contributed by atoms with Gasteiger partial charge in [-0.3, -0.25) is 9.78 Å². The number of aryl methyl sites for hydroxylation is 1. The normalized spacial score (nSPS) is 14.3. The average Bonchev–Trinajstić information content (AvgIpc) is 3.50. The number of aromatic nitrogens is 2. The molecule has 28 heavy (non-hydrogen) atoms. The Morgan fingerprint density at radius 2 is 1.96 bits per heavy atom. The van der Waals surface area contributed by atoms with E-state index in [1.807, 2.05) is 24.3 Å². The summed E-state index contributed by atoms with van der Waals surface area (Å²) in [5, 5.41) is 4.10. The summed E-state index contributed by atoms with van der Waals surface area (Å²) in [5.41, 5.74) is 5.93. The summed E-state index contributed by atoms with van der Waals surface area (Å²) in [7, 11) is 0. The molecular weight excluding hydrogens is 346 g/mol. The predicted octanol–water partition coefficient (Wildman–Crippen LogP) is 5.04. The quantitative estimate of drug-likeness (QED) is 0.697. The van der Waals surface area contributed by atoms with Gasteiger partial charge in [-0.2, -0.15) is 0 Å². The van der Waals surface area contributed by atoms with Crippen molar-refractivity contribution in [1.29, 1.82) is 0 Å². The van der Waals surface area contributed by atoms with E-state index in [1.165, 1.54) is 24.0 Å². The van der Waals surface area contributed by atoms with Gasteiger partial charge in [0.05, 0.1) is 17.8 Å². The highest BCUT2D eigenvalue weighted by Crippen LogP contribution is 2.43. The van der Waals surface area contributed by atoms with Crippen LogP contribution in [0.15, 0.2) is 42.6 Å². The molecule has 2 heterocycles. The van der Waals surface area contributed by atoms with Gasteiger partial charge >= 0.3 is 0 Å². The lowest BCUT2D eigenvalue weighted by Gasteiger charge is -2.23. The van der Waals surface area contributed by atoms with E-state index in [4.69, 9.17) is 4.98 Å². The van der Waals surface area contributed by atoms with E-state index in [9.17, 15) is 4.79 Å². The zero-order valence-electron chi connectivity index (χ0n) is 17.0. The summed E-state index contributed by atoms with van der Waals surface area (Å²) >= 11 is 0. The van der Waals surface area contributed by atoms with E-state index in [2.05, 4.69) is 50.1 Å². The Morgan fingerprint density at radius 1 is 1.18 bits per heavy atom. The first-order chi connectivity index (χ1) is 13.3. The van der Waals surface area contributed by atoms with E-state index in [0.29, 0.717) is 18.2 Å². The molecule has 3 aromatic rings. The van der Waals surface area contributed by atoms with Crippen LogP contribution in [0.1, 0.15) is 72.4 Å². The first kappa shape index (κ1) is 18.6. The second kappa shape index (κ2) is 7.01. The Labute approximate surface area is 166 Å². The molecule has 0 atom stereocenters. The monoisotopic (exact) mass is 373 g/mol. The van der Waals surface area contributed by atoms with Crippen LogP contribution < -0.4 is 5.32 Å². The summed E-state index contributed by atoms with van der Waals surface area (Å²) in [4.78, 5) is 21.8. The lowest BCUT2D eigenvalue weighted by molar-refractivity contribution is 0.0945. The number of carbonyl (C=O) groups is 1. The maximum absolute atomic E-state index is 12.8. The number of nitrogens with one attached hydrogen (secondary N) is 1.